The average Bonchev–Trinajstić information content (AvgIpc) is 2.25. The van der Waals surface area contributed by atoms with Crippen molar-refractivity contribution in [3.05, 3.63) is 12.2 Å². The highest BCUT2D eigenvalue weighted by Gasteiger charge is 2.11. The predicted octanol–water partition coefficient (Wildman–Crippen LogP) is 2.97. The van der Waals surface area contributed by atoms with E-state index in [0.29, 0.717) is 0 Å². The third kappa shape index (κ3) is 7.16. The number of carbonyl (C=O) groups excluding carboxylic acids is 1. The number of hydrogen-bond donors (Lipinski definition) is 1. The Bertz CT molecular complexity index is 248. The minimum Gasteiger partial charge on any atom is -0.463 e. The summed E-state index contributed by atoms with van der Waals surface area (Å²) in [5.41, 5.74) is 0. The minimum atomic E-state index is -0.304. The zero-order valence-corrected chi connectivity index (χ0v) is 10.7. The van der Waals surface area contributed by atoms with Crippen LogP contribution >= 0.6 is 0 Å². The first-order chi connectivity index (χ1) is 8.18. The summed E-state index contributed by atoms with van der Waals surface area (Å²) in [7, 11) is 0. The SMILES string of the molecule is CC(=O)OC1CC/C=C/C(O)CCCCCC1. The van der Waals surface area contributed by atoms with Gasteiger partial charge in [-0.1, -0.05) is 31.4 Å². The van der Waals surface area contributed by atoms with Crippen molar-refractivity contribution in [3.8, 4) is 0 Å². The van der Waals surface area contributed by atoms with Gasteiger partial charge in [-0.05, 0) is 32.1 Å². The summed E-state index contributed by atoms with van der Waals surface area (Å²) in [6.45, 7) is 1.47. The van der Waals surface area contributed by atoms with Crippen LogP contribution in [0.25, 0.3) is 0 Å². The Morgan fingerprint density at radius 2 is 1.88 bits per heavy atom. The first-order valence-electron chi connectivity index (χ1n) is 6.70. The van der Waals surface area contributed by atoms with Crippen LogP contribution in [0.2, 0.25) is 0 Å². The van der Waals surface area contributed by atoms with E-state index in [0.717, 1.165) is 51.4 Å². The number of aliphatic hydroxyl groups is 1. The molecule has 17 heavy (non-hydrogen) atoms. The van der Waals surface area contributed by atoms with E-state index in [4.69, 9.17) is 4.74 Å². The fourth-order valence-corrected chi connectivity index (χ4v) is 2.21. The zero-order valence-electron chi connectivity index (χ0n) is 10.7. The van der Waals surface area contributed by atoms with Gasteiger partial charge in [0, 0.05) is 6.92 Å². The molecular formula is C14H24O3. The summed E-state index contributed by atoms with van der Waals surface area (Å²) < 4.78 is 5.29. The van der Waals surface area contributed by atoms with Crippen molar-refractivity contribution >= 4 is 5.97 Å². The molecule has 0 aromatic rings. The van der Waals surface area contributed by atoms with Crippen LogP contribution in [0.3, 0.4) is 0 Å². The summed E-state index contributed by atoms with van der Waals surface area (Å²) in [5.74, 6) is -0.189. The molecule has 0 saturated carbocycles. The van der Waals surface area contributed by atoms with Gasteiger partial charge < -0.3 is 9.84 Å². The lowest BCUT2D eigenvalue weighted by Gasteiger charge is -2.17. The third-order valence-electron chi connectivity index (χ3n) is 3.12. The van der Waals surface area contributed by atoms with Gasteiger partial charge in [0.1, 0.15) is 6.10 Å². The van der Waals surface area contributed by atoms with Crippen LogP contribution in [0.5, 0.6) is 0 Å². The second-order valence-corrected chi connectivity index (χ2v) is 4.80. The van der Waals surface area contributed by atoms with E-state index in [1.165, 1.54) is 6.92 Å². The topological polar surface area (TPSA) is 46.5 Å². The largest absolute Gasteiger partial charge is 0.463 e. The molecule has 0 aromatic heterocycles. The highest BCUT2D eigenvalue weighted by molar-refractivity contribution is 5.66. The van der Waals surface area contributed by atoms with Crippen molar-refractivity contribution in [2.45, 2.75) is 70.5 Å². The van der Waals surface area contributed by atoms with Crippen molar-refractivity contribution in [2.24, 2.45) is 0 Å². The van der Waals surface area contributed by atoms with Crippen molar-refractivity contribution in [2.75, 3.05) is 0 Å². The monoisotopic (exact) mass is 240 g/mol. The van der Waals surface area contributed by atoms with Crippen LogP contribution in [0, 0.1) is 0 Å². The molecule has 1 rings (SSSR count). The number of aliphatic hydroxyl groups excluding tert-OH is 1. The van der Waals surface area contributed by atoms with Gasteiger partial charge in [0.15, 0.2) is 0 Å². The zero-order chi connectivity index (χ0) is 12.5. The van der Waals surface area contributed by atoms with E-state index in [-0.39, 0.29) is 18.2 Å². The molecule has 3 heteroatoms. The summed E-state index contributed by atoms with van der Waals surface area (Å²) >= 11 is 0. The van der Waals surface area contributed by atoms with E-state index in [1.807, 2.05) is 12.2 Å². The Labute approximate surface area is 104 Å². The molecule has 1 N–H and O–H groups in total. The number of rotatable bonds is 1. The predicted molar refractivity (Wildman–Crippen MR) is 67.6 cm³/mol. The van der Waals surface area contributed by atoms with Gasteiger partial charge >= 0.3 is 5.97 Å². The Morgan fingerprint density at radius 3 is 2.59 bits per heavy atom. The van der Waals surface area contributed by atoms with Crippen molar-refractivity contribution in [3.63, 3.8) is 0 Å². The van der Waals surface area contributed by atoms with Crippen molar-refractivity contribution in [1.29, 1.82) is 0 Å². The molecule has 0 aliphatic heterocycles. The van der Waals surface area contributed by atoms with Gasteiger partial charge in [-0.15, -0.1) is 0 Å². The molecule has 0 radical (unpaired) electrons. The molecule has 2 unspecified atom stereocenters. The molecule has 0 bridgehead atoms. The Hall–Kier alpha value is -0.830. The quantitative estimate of drug-likeness (QED) is 0.566. The average molecular weight is 240 g/mol. The van der Waals surface area contributed by atoms with Gasteiger partial charge in [0.25, 0.3) is 0 Å². The van der Waals surface area contributed by atoms with Crippen LogP contribution in [-0.4, -0.2) is 23.3 Å². The van der Waals surface area contributed by atoms with Gasteiger partial charge in [-0.25, -0.2) is 0 Å². The van der Waals surface area contributed by atoms with Crippen LogP contribution in [0.1, 0.15) is 58.3 Å². The molecule has 0 saturated heterocycles. The Morgan fingerprint density at radius 1 is 1.18 bits per heavy atom. The number of allylic oxidation sites excluding steroid dienone is 1. The van der Waals surface area contributed by atoms with E-state index in [2.05, 4.69) is 0 Å². The van der Waals surface area contributed by atoms with E-state index >= 15 is 0 Å². The fraction of sp³-hybridized carbons (Fsp3) is 0.786. The lowest BCUT2D eigenvalue weighted by molar-refractivity contribution is -0.147. The maximum Gasteiger partial charge on any atom is 0.302 e. The van der Waals surface area contributed by atoms with Crippen LogP contribution in [-0.2, 0) is 9.53 Å². The molecule has 2 atom stereocenters. The highest BCUT2D eigenvalue weighted by atomic mass is 16.5. The lowest BCUT2D eigenvalue weighted by atomic mass is 10.0. The Kier molecular flexibility index (Phi) is 6.94. The maximum absolute atomic E-state index is 11.0. The van der Waals surface area contributed by atoms with Crippen LogP contribution < -0.4 is 0 Å². The molecule has 1 aliphatic carbocycles. The minimum absolute atomic E-state index is 0.0497. The number of ether oxygens (including phenoxy) is 1. The number of carbonyl (C=O) groups is 1. The normalized spacial score (nSPS) is 29.8. The summed E-state index contributed by atoms with van der Waals surface area (Å²) in [6, 6.07) is 0. The molecule has 1 aliphatic rings. The number of esters is 1. The van der Waals surface area contributed by atoms with E-state index in [1.54, 1.807) is 0 Å². The summed E-state index contributed by atoms with van der Waals surface area (Å²) in [6.07, 6.45) is 11.7. The van der Waals surface area contributed by atoms with E-state index < -0.39 is 0 Å². The second-order valence-electron chi connectivity index (χ2n) is 4.80. The molecule has 3 nitrogen and oxygen atoms in total. The molecule has 0 aromatic carbocycles. The van der Waals surface area contributed by atoms with Gasteiger partial charge in [-0.3, -0.25) is 4.79 Å². The van der Waals surface area contributed by atoms with Gasteiger partial charge in [0.2, 0.25) is 0 Å². The Balaban J connectivity index is 2.42. The first-order valence-corrected chi connectivity index (χ1v) is 6.70. The van der Waals surface area contributed by atoms with Crippen molar-refractivity contribution < 1.29 is 14.6 Å². The smallest absolute Gasteiger partial charge is 0.302 e. The number of hydrogen-bond acceptors (Lipinski definition) is 3. The molecule has 98 valence electrons. The fourth-order valence-electron chi connectivity index (χ4n) is 2.21. The third-order valence-corrected chi connectivity index (χ3v) is 3.12. The molecule has 0 fully saturated rings. The van der Waals surface area contributed by atoms with Crippen molar-refractivity contribution in [1.82, 2.24) is 0 Å². The maximum atomic E-state index is 11.0. The molecular weight excluding hydrogens is 216 g/mol. The molecule has 0 heterocycles. The van der Waals surface area contributed by atoms with E-state index in [9.17, 15) is 9.90 Å². The molecule has 0 spiro atoms. The highest BCUT2D eigenvalue weighted by Crippen LogP contribution is 2.16. The molecule has 0 amide bonds. The second kappa shape index (κ2) is 8.29. The summed E-state index contributed by atoms with van der Waals surface area (Å²) in [5, 5.41) is 9.63. The standard InChI is InChI=1S/C14H24O3/c1-12(15)17-14-10-5-3-2-4-8-13(16)9-6-7-11-14/h6,9,13-14,16H,2-5,7-8,10-11H2,1H3/b9-6+. The summed E-state index contributed by atoms with van der Waals surface area (Å²) in [4.78, 5) is 11.0. The van der Waals surface area contributed by atoms with Gasteiger partial charge in [-0.2, -0.15) is 0 Å². The van der Waals surface area contributed by atoms with Gasteiger partial charge in [0.05, 0.1) is 6.10 Å². The van der Waals surface area contributed by atoms with Crippen LogP contribution in [0.4, 0.5) is 0 Å². The first kappa shape index (κ1) is 14.2. The van der Waals surface area contributed by atoms with Crippen LogP contribution in [0.15, 0.2) is 12.2 Å². The lowest BCUT2D eigenvalue weighted by Crippen LogP contribution is -2.16.